The van der Waals surface area contributed by atoms with E-state index in [4.69, 9.17) is 4.74 Å². The average Bonchev–Trinajstić information content (AvgIpc) is 3.35. The van der Waals surface area contributed by atoms with Crippen molar-refractivity contribution in [2.75, 3.05) is 26.2 Å². The minimum atomic E-state index is 0.304. The number of nitrogens with zero attached hydrogens (tertiary/aromatic N) is 1. The van der Waals surface area contributed by atoms with Crippen LogP contribution in [0.2, 0.25) is 0 Å². The van der Waals surface area contributed by atoms with Crippen molar-refractivity contribution < 1.29 is 9.84 Å². The van der Waals surface area contributed by atoms with Gasteiger partial charge in [0.25, 0.3) is 0 Å². The molecule has 4 heteroatoms. The topological polar surface area (TPSA) is 32.7 Å². The summed E-state index contributed by atoms with van der Waals surface area (Å²) in [5, 5.41) is 9.51. The molecule has 0 aliphatic carbocycles. The number of ether oxygens (including phenoxy) is 1. The molecule has 4 rings (SSSR count). The SMILES string of the molecule is Oc1ccc(-c2c[se]cc2-c2ccc(OCCN3CCCC3)cc2)cc1. The van der Waals surface area contributed by atoms with E-state index in [0.29, 0.717) is 20.3 Å². The van der Waals surface area contributed by atoms with Gasteiger partial charge in [0.15, 0.2) is 0 Å². The van der Waals surface area contributed by atoms with Crippen molar-refractivity contribution in [1.29, 1.82) is 0 Å². The number of aromatic hydroxyl groups is 1. The third kappa shape index (κ3) is 4.04. The van der Waals surface area contributed by atoms with Gasteiger partial charge in [-0.3, -0.25) is 0 Å². The van der Waals surface area contributed by atoms with Gasteiger partial charge < -0.3 is 0 Å². The number of phenols is 1. The average molecular weight is 412 g/mol. The predicted molar refractivity (Wildman–Crippen MR) is 107 cm³/mol. The molecule has 0 radical (unpaired) electrons. The molecule has 0 spiro atoms. The van der Waals surface area contributed by atoms with Crippen LogP contribution in [-0.2, 0) is 0 Å². The van der Waals surface area contributed by atoms with Crippen LogP contribution >= 0.6 is 0 Å². The van der Waals surface area contributed by atoms with Crippen LogP contribution in [-0.4, -0.2) is 50.8 Å². The molecule has 2 aromatic carbocycles. The van der Waals surface area contributed by atoms with E-state index < -0.39 is 0 Å². The Kier molecular flexibility index (Phi) is 5.45. The fourth-order valence-corrected chi connectivity index (χ4v) is 5.23. The third-order valence-corrected chi connectivity index (χ3v) is 6.44. The van der Waals surface area contributed by atoms with Gasteiger partial charge in [-0.15, -0.1) is 0 Å². The molecule has 1 aliphatic heterocycles. The maximum absolute atomic E-state index is 9.51. The Morgan fingerprint density at radius 3 is 2.04 bits per heavy atom. The van der Waals surface area contributed by atoms with E-state index in [1.54, 1.807) is 12.1 Å². The van der Waals surface area contributed by atoms with Crippen molar-refractivity contribution in [1.82, 2.24) is 4.90 Å². The molecule has 0 saturated carbocycles. The van der Waals surface area contributed by atoms with Crippen LogP contribution in [0, 0.1) is 0 Å². The third-order valence-electron chi connectivity index (χ3n) is 4.88. The van der Waals surface area contributed by atoms with Crippen LogP contribution < -0.4 is 4.74 Å². The van der Waals surface area contributed by atoms with Gasteiger partial charge in [-0.1, -0.05) is 0 Å². The van der Waals surface area contributed by atoms with Crippen LogP contribution in [0.1, 0.15) is 12.8 Å². The Morgan fingerprint density at radius 1 is 0.846 bits per heavy atom. The van der Waals surface area contributed by atoms with Crippen molar-refractivity contribution >= 4 is 14.5 Å². The van der Waals surface area contributed by atoms with Gasteiger partial charge in [0.2, 0.25) is 0 Å². The summed E-state index contributed by atoms with van der Waals surface area (Å²) >= 11 is 0.382. The molecule has 1 fully saturated rings. The van der Waals surface area contributed by atoms with Crippen LogP contribution in [0.25, 0.3) is 22.3 Å². The van der Waals surface area contributed by atoms with E-state index in [2.05, 4.69) is 39.0 Å². The molecule has 1 N–H and O–H groups in total. The zero-order valence-corrected chi connectivity index (χ0v) is 16.4. The monoisotopic (exact) mass is 413 g/mol. The van der Waals surface area contributed by atoms with Crippen molar-refractivity contribution in [3.8, 4) is 33.8 Å². The quantitative estimate of drug-likeness (QED) is 0.615. The summed E-state index contributed by atoms with van der Waals surface area (Å²) in [6.45, 7) is 4.20. The Morgan fingerprint density at radius 2 is 1.42 bits per heavy atom. The first-order chi connectivity index (χ1) is 12.8. The zero-order valence-electron chi connectivity index (χ0n) is 14.7. The number of benzene rings is 2. The van der Waals surface area contributed by atoms with E-state index in [1.165, 1.54) is 42.6 Å². The molecular formula is C22H23NO2Se. The summed E-state index contributed by atoms with van der Waals surface area (Å²) in [7, 11) is 0. The van der Waals surface area contributed by atoms with Crippen molar-refractivity contribution in [2.45, 2.75) is 12.8 Å². The summed E-state index contributed by atoms with van der Waals surface area (Å²) in [5.74, 6) is 1.24. The van der Waals surface area contributed by atoms with Gasteiger partial charge in [-0.05, 0) is 0 Å². The molecule has 3 nitrogen and oxygen atoms in total. The summed E-state index contributed by atoms with van der Waals surface area (Å²) < 4.78 is 5.91. The molecule has 1 aromatic heterocycles. The maximum atomic E-state index is 9.51. The molecular weight excluding hydrogens is 389 g/mol. The first-order valence-electron chi connectivity index (χ1n) is 9.11. The van der Waals surface area contributed by atoms with Crippen LogP contribution in [0.4, 0.5) is 0 Å². The van der Waals surface area contributed by atoms with Gasteiger partial charge in [0, 0.05) is 0 Å². The molecule has 1 aliphatic rings. The van der Waals surface area contributed by atoms with Gasteiger partial charge in [0.05, 0.1) is 0 Å². The van der Waals surface area contributed by atoms with Crippen LogP contribution in [0.5, 0.6) is 11.5 Å². The molecule has 0 amide bonds. The summed E-state index contributed by atoms with van der Waals surface area (Å²) in [4.78, 5) is 7.09. The molecule has 2 heterocycles. The second-order valence-electron chi connectivity index (χ2n) is 6.67. The number of rotatable bonds is 6. The first-order valence-corrected chi connectivity index (χ1v) is 11.1. The van der Waals surface area contributed by atoms with Crippen LogP contribution in [0.3, 0.4) is 0 Å². The Balaban J connectivity index is 1.44. The summed E-state index contributed by atoms with van der Waals surface area (Å²) in [5.41, 5.74) is 4.90. The van der Waals surface area contributed by atoms with E-state index in [9.17, 15) is 5.11 Å². The Hall–Kier alpha value is -2.00. The van der Waals surface area contributed by atoms with Gasteiger partial charge in [-0.2, -0.15) is 0 Å². The number of hydrogen-bond donors (Lipinski definition) is 1. The summed E-state index contributed by atoms with van der Waals surface area (Å²) in [6, 6.07) is 15.9. The fraction of sp³-hybridized carbons (Fsp3) is 0.273. The van der Waals surface area contributed by atoms with E-state index in [1.807, 2.05) is 12.1 Å². The van der Waals surface area contributed by atoms with E-state index in [-0.39, 0.29) is 0 Å². The number of phenolic OH excluding ortho intramolecular Hbond substituents is 1. The minimum absolute atomic E-state index is 0.304. The Bertz CT molecular complexity index is 833. The number of likely N-dealkylation sites (tertiary alicyclic amines) is 1. The van der Waals surface area contributed by atoms with Crippen molar-refractivity contribution in [2.24, 2.45) is 0 Å². The van der Waals surface area contributed by atoms with Gasteiger partial charge in [0.1, 0.15) is 0 Å². The van der Waals surface area contributed by atoms with Crippen LogP contribution in [0.15, 0.2) is 58.4 Å². The Labute approximate surface area is 160 Å². The standard InChI is InChI=1S/C22H23NO2Se/c24-19-7-3-17(4-8-19)21-15-26-16-22(21)18-5-9-20(10-6-18)25-14-13-23-11-1-2-12-23/h3-10,15-16,24H,1-2,11-14H2. The zero-order chi connectivity index (χ0) is 17.8. The molecule has 0 bridgehead atoms. The first kappa shape index (κ1) is 17.4. The van der Waals surface area contributed by atoms with Gasteiger partial charge in [-0.25, -0.2) is 0 Å². The molecule has 0 atom stereocenters. The van der Waals surface area contributed by atoms with E-state index >= 15 is 0 Å². The van der Waals surface area contributed by atoms with Crippen molar-refractivity contribution in [3.63, 3.8) is 0 Å². The molecule has 3 aromatic rings. The molecule has 1 saturated heterocycles. The summed E-state index contributed by atoms with van der Waals surface area (Å²) in [6.07, 6.45) is 2.64. The fourth-order valence-electron chi connectivity index (χ4n) is 3.41. The molecule has 0 unspecified atom stereocenters. The molecule has 26 heavy (non-hydrogen) atoms. The second-order valence-corrected chi connectivity index (χ2v) is 8.23. The van der Waals surface area contributed by atoms with Crippen molar-refractivity contribution in [3.05, 3.63) is 58.4 Å². The van der Waals surface area contributed by atoms with Gasteiger partial charge >= 0.3 is 160 Å². The van der Waals surface area contributed by atoms with E-state index in [0.717, 1.165) is 24.5 Å². The number of hydrogen-bond acceptors (Lipinski definition) is 3. The normalized spacial score (nSPS) is 14.6. The second kappa shape index (κ2) is 8.13. The predicted octanol–water partition coefficient (Wildman–Crippen LogP) is 4.26. The molecule has 134 valence electrons.